The largest absolute Gasteiger partial charge is 0.417 e. The van der Waals surface area contributed by atoms with Gasteiger partial charge in [0.25, 0.3) is 0 Å². The second-order valence-electron chi connectivity index (χ2n) is 8.21. The first kappa shape index (κ1) is 22.0. The standard InChI is InChI=1S/C22H18F4N6O2/c23-15-6-16(10-28-9-15)29-20(34)32-19-18(31-4-3-21(32,11-31)12-33)2-1-17(30-19)13-5-14(8-27-7-13)22(24,25)26/h1-2,5-10,33H,3-4,11-12H2,(H,29,34)/t21-/m0/s1. The Hall–Kier alpha value is -3.80. The molecular weight excluding hydrogens is 456 g/mol. The molecule has 0 spiro atoms. The highest BCUT2D eigenvalue weighted by molar-refractivity contribution is 6.05. The number of aliphatic hydroxyl groups excluding tert-OH is 1. The second-order valence-corrected chi connectivity index (χ2v) is 8.21. The van der Waals surface area contributed by atoms with Crippen LogP contribution in [0.4, 0.5) is 39.5 Å². The lowest BCUT2D eigenvalue weighted by atomic mass is 9.95. The van der Waals surface area contributed by atoms with Crippen LogP contribution in [-0.4, -0.2) is 51.3 Å². The average Bonchev–Trinajstić information content (AvgIpc) is 3.18. The van der Waals surface area contributed by atoms with Crippen LogP contribution in [0.1, 0.15) is 12.0 Å². The summed E-state index contributed by atoms with van der Waals surface area (Å²) in [6, 6.07) is 4.60. The Morgan fingerprint density at radius 1 is 1.15 bits per heavy atom. The minimum atomic E-state index is -4.58. The number of pyridine rings is 3. The number of hydrogen-bond acceptors (Lipinski definition) is 6. The second kappa shape index (κ2) is 7.90. The predicted molar refractivity (Wildman–Crippen MR) is 115 cm³/mol. The van der Waals surface area contributed by atoms with Gasteiger partial charge in [-0.3, -0.25) is 14.9 Å². The maximum Gasteiger partial charge on any atom is 0.417 e. The van der Waals surface area contributed by atoms with Crippen LogP contribution in [0.3, 0.4) is 0 Å². The summed E-state index contributed by atoms with van der Waals surface area (Å²) in [5.41, 5.74) is -0.920. The molecule has 1 saturated heterocycles. The first-order valence-corrected chi connectivity index (χ1v) is 10.3. The molecule has 0 unspecified atom stereocenters. The fraction of sp³-hybridized carbons (Fsp3) is 0.273. The van der Waals surface area contributed by atoms with Gasteiger partial charge in [-0.05, 0) is 24.6 Å². The van der Waals surface area contributed by atoms with Crippen molar-refractivity contribution in [2.75, 3.05) is 34.8 Å². The van der Waals surface area contributed by atoms with Gasteiger partial charge < -0.3 is 15.3 Å². The molecule has 0 aliphatic carbocycles. The fourth-order valence-corrected chi connectivity index (χ4v) is 4.39. The molecule has 5 heterocycles. The highest BCUT2D eigenvalue weighted by Gasteiger charge is 2.51. The van der Waals surface area contributed by atoms with Crippen LogP contribution in [-0.2, 0) is 6.18 Å². The van der Waals surface area contributed by atoms with Crippen molar-refractivity contribution in [2.45, 2.75) is 18.1 Å². The molecule has 0 radical (unpaired) electrons. The maximum atomic E-state index is 13.6. The Morgan fingerprint density at radius 2 is 1.94 bits per heavy atom. The Balaban J connectivity index is 1.59. The number of fused-ring (bicyclic) bond motifs is 4. The molecule has 8 nitrogen and oxygen atoms in total. The number of aromatic nitrogens is 3. The summed E-state index contributed by atoms with van der Waals surface area (Å²) in [4.78, 5) is 28.5. The average molecular weight is 474 g/mol. The molecule has 0 saturated carbocycles. The van der Waals surface area contributed by atoms with E-state index >= 15 is 0 Å². The topological polar surface area (TPSA) is 94.5 Å². The summed E-state index contributed by atoms with van der Waals surface area (Å²) in [7, 11) is 0. The lowest BCUT2D eigenvalue weighted by Crippen LogP contribution is -2.60. The number of urea groups is 1. The van der Waals surface area contributed by atoms with Gasteiger partial charge in [-0.15, -0.1) is 0 Å². The van der Waals surface area contributed by atoms with Gasteiger partial charge in [0.2, 0.25) is 0 Å². The van der Waals surface area contributed by atoms with Crippen molar-refractivity contribution in [1.29, 1.82) is 0 Å². The van der Waals surface area contributed by atoms with E-state index in [2.05, 4.69) is 20.3 Å². The minimum Gasteiger partial charge on any atom is -0.394 e. The van der Waals surface area contributed by atoms with E-state index in [9.17, 15) is 27.5 Å². The van der Waals surface area contributed by atoms with Gasteiger partial charge in [0.15, 0.2) is 5.82 Å². The first-order valence-electron chi connectivity index (χ1n) is 10.3. The maximum absolute atomic E-state index is 13.6. The Bertz CT molecular complexity index is 1270. The van der Waals surface area contributed by atoms with E-state index in [1.54, 1.807) is 12.1 Å². The van der Waals surface area contributed by atoms with E-state index < -0.39 is 29.1 Å². The molecular formula is C22H18F4N6O2. The number of halogens is 4. The number of nitrogens with one attached hydrogen (secondary N) is 1. The number of hydrogen-bond donors (Lipinski definition) is 2. The van der Waals surface area contributed by atoms with Gasteiger partial charge in [-0.2, -0.15) is 13.2 Å². The highest BCUT2D eigenvalue weighted by atomic mass is 19.4. The summed E-state index contributed by atoms with van der Waals surface area (Å²) < 4.78 is 53.1. The van der Waals surface area contributed by atoms with Crippen LogP contribution in [0.15, 0.2) is 49.1 Å². The number of anilines is 3. The third-order valence-electron chi connectivity index (χ3n) is 6.03. The van der Waals surface area contributed by atoms with Crippen LogP contribution >= 0.6 is 0 Å². The van der Waals surface area contributed by atoms with Crippen LogP contribution in [0.2, 0.25) is 0 Å². The smallest absolute Gasteiger partial charge is 0.394 e. The van der Waals surface area contributed by atoms with Crippen molar-refractivity contribution in [1.82, 2.24) is 15.0 Å². The molecule has 2 N–H and O–H groups in total. The number of nitrogens with zero attached hydrogens (tertiary/aromatic N) is 5. The van der Waals surface area contributed by atoms with E-state index in [1.165, 1.54) is 17.3 Å². The van der Waals surface area contributed by atoms with Gasteiger partial charge in [0.1, 0.15) is 5.82 Å². The van der Waals surface area contributed by atoms with Gasteiger partial charge >= 0.3 is 12.2 Å². The predicted octanol–water partition coefficient (Wildman–Crippen LogP) is 3.69. The summed E-state index contributed by atoms with van der Waals surface area (Å²) in [6.45, 7) is 0.525. The molecule has 1 atom stereocenters. The van der Waals surface area contributed by atoms with E-state index in [0.717, 1.165) is 24.5 Å². The third-order valence-corrected chi connectivity index (χ3v) is 6.03. The Morgan fingerprint density at radius 3 is 2.68 bits per heavy atom. The van der Waals surface area contributed by atoms with Gasteiger partial charge in [0.05, 0.1) is 47.2 Å². The Labute approximate surface area is 190 Å². The van der Waals surface area contributed by atoms with Crippen molar-refractivity contribution in [2.24, 2.45) is 0 Å². The molecule has 2 amide bonds. The van der Waals surface area contributed by atoms with Gasteiger partial charge in [0, 0.05) is 37.1 Å². The van der Waals surface area contributed by atoms with Crippen molar-refractivity contribution >= 4 is 23.2 Å². The molecule has 0 aromatic carbocycles. The van der Waals surface area contributed by atoms with E-state index in [0.29, 0.717) is 25.2 Å². The lowest BCUT2D eigenvalue weighted by Gasteiger charge is -2.43. The SMILES string of the molecule is O=C(Nc1cncc(F)c1)N1c2nc(-c3cncc(C(F)(F)F)c3)ccc2N2CC[C@@]1(CO)C2. The third kappa shape index (κ3) is 3.69. The molecule has 12 heteroatoms. The van der Waals surface area contributed by atoms with E-state index in [1.807, 2.05) is 4.90 Å². The molecule has 1 fully saturated rings. The molecule has 2 aliphatic heterocycles. The molecule has 5 rings (SSSR count). The number of carbonyl (C=O) groups is 1. The zero-order chi connectivity index (χ0) is 24.1. The molecule has 3 aromatic heterocycles. The normalized spacial score (nSPS) is 19.2. The fourth-order valence-electron chi connectivity index (χ4n) is 4.39. The van der Waals surface area contributed by atoms with E-state index in [-0.39, 0.29) is 29.4 Å². The number of aliphatic hydroxyl groups is 1. The zero-order valence-corrected chi connectivity index (χ0v) is 17.6. The van der Waals surface area contributed by atoms with Crippen LogP contribution in [0.5, 0.6) is 0 Å². The molecule has 34 heavy (non-hydrogen) atoms. The molecule has 2 bridgehead atoms. The zero-order valence-electron chi connectivity index (χ0n) is 17.6. The summed E-state index contributed by atoms with van der Waals surface area (Å²) in [5.74, 6) is -0.465. The number of rotatable bonds is 3. The van der Waals surface area contributed by atoms with E-state index in [4.69, 9.17) is 0 Å². The number of amides is 2. The van der Waals surface area contributed by atoms with Crippen molar-refractivity contribution in [3.05, 3.63) is 60.4 Å². The monoisotopic (exact) mass is 474 g/mol. The molecule has 176 valence electrons. The Kier molecular flexibility index (Phi) is 5.12. The van der Waals surface area contributed by atoms with Crippen molar-refractivity contribution in [3.63, 3.8) is 0 Å². The minimum absolute atomic E-state index is 0.110. The number of carbonyl (C=O) groups excluding carboxylic acids is 1. The van der Waals surface area contributed by atoms with Crippen molar-refractivity contribution < 1.29 is 27.5 Å². The summed E-state index contributed by atoms with van der Waals surface area (Å²) in [5, 5.41) is 12.8. The molecule has 2 aliphatic rings. The summed E-state index contributed by atoms with van der Waals surface area (Å²) in [6.07, 6.45) is 0.111. The molecule has 3 aromatic rings. The lowest BCUT2D eigenvalue weighted by molar-refractivity contribution is -0.137. The number of alkyl halides is 3. The quantitative estimate of drug-likeness (QED) is 0.563. The highest BCUT2D eigenvalue weighted by Crippen LogP contribution is 2.45. The van der Waals surface area contributed by atoms with Crippen LogP contribution < -0.4 is 15.1 Å². The van der Waals surface area contributed by atoms with Gasteiger partial charge in [-0.1, -0.05) is 0 Å². The van der Waals surface area contributed by atoms with Crippen LogP contribution in [0.25, 0.3) is 11.3 Å². The first-order chi connectivity index (χ1) is 16.2. The summed E-state index contributed by atoms with van der Waals surface area (Å²) >= 11 is 0. The van der Waals surface area contributed by atoms with Crippen LogP contribution in [0, 0.1) is 5.82 Å². The van der Waals surface area contributed by atoms with Gasteiger partial charge in [-0.25, -0.2) is 14.2 Å². The van der Waals surface area contributed by atoms with Crippen molar-refractivity contribution in [3.8, 4) is 11.3 Å².